The number of rotatable bonds is 4. The molecular formula is C16H18N2O. The molecule has 0 radical (unpaired) electrons. The quantitative estimate of drug-likeness (QED) is 0.909. The molecule has 1 aromatic heterocycles. The van der Waals surface area contributed by atoms with E-state index in [9.17, 15) is 4.79 Å². The molecule has 0 unspecified atom stereocenters. The molecular weight excluding hydrogens is 236 g/mol. The van der Waals surface area contributed by atoms with Crippen LogP contribution in [0.4, 0.5) is 5.69 Å². The number of nitrogens with one attached hydrogen (secondary N) is 1. The van der Waals surface area contributed by atoms with Crippen molar-refractivity contribution in [3.63, 3.8) is 0 Å². The molecule has 0 saturated heterocycles. The highest BCUT2D eigenvalue weighted by Crippen LogP contribution is 2.09. The number of pyridine rings is 1. The number of carbonyl (C=O) groups is 1. The topological polar surface area (TPSA) is 42.0 Å². The lowest BCUT2D eigenvalue weighted by atomic mass is 10.1. The van der Waals surface area contributed by atoms with Crippen LogP contribution in [0, 0.1) is 13.8 Å². The number of carbonyl (C=O) groups excluding carboxylic acids is 1. The Bertz CT molecular complexity index is 561. The van der Waals surface area contributed by atoms with Crippen molar-refractivity contribution in [3.05, 3.63) is 59.4 Å². The molecule has 0 saturated carbocycles. The molecule has 1 aromatic carbocycles. The molecule has 3 heteroatoms. The lowest BCUT2D eigenvalue weighted by Gasteiger charge is -2.06. The van der Waals surface area contributed by atoms with E-state index < -0.39 is 0 Å². The van der Waals surface area contributed by atoms with E-state index in [-0.39, 0.29) is 5.91 Å². The summed E-state index contributed by atoms with van der Waals surface area (Å²) in [7, 11) is 0. The Labute approximate surface area is 113 Å². The first kappa shape index (κ1) is 13.3. The maximum atomic E-state index is 11.8. The zero-order valence-electron chi connectivity index (χ0n) is 11.3. The van der Waals surface area contributed by atoms with E-state index >= 15 is 0 Å². The predicted molar refractivity (Wildman–Crippen MR) is 77.1 cm³/mol. The average molecular weight is 254 g/mol. The summed E-state index contributed by atoms with van der Waals surface area (Å²) in [5, 5.41) is 2.86. The largest absolute Gasteiger partial charge is 0.325 e. The predicted octanol–water partition coefficient (Wildman–Crippen LogP) is 3.27. The third-order valence-corrected chi connectivity index (χ3v) is 2.92. The van der Waals surface area contributed by atoms with E-state index in [0.717, 1.165) is 17.7 Å². The van der Waals surface area contributed by atoms with E-state index in [0.29, 0.717) is 6.42 Å². The van der Waals surface area contributed by atoms with Crippen molar-refractivity contribution in [2.24, 2.45) is 0 Å². The molecule has 1 heterocycles. The zero-order valence-corrected chi connectivity index (χ0v) is 11.3. The molecule has 3 nitrogen and oxygen atoms in total. The average Bonchev–Trinajstić information content (AvgIpc) is 2.38. The molecule has 0 atom stereocenters. The van der Waals surface area contributed by atoms with E-state index in [1.54, 1.807) is 12.4 Å². The van der Waals surface area contributed by atoms with Crippen LogP contribution < -0.4 is 5.32 Å². The van der Waals surface area contributed by atoms with Gasteiger partial charge in [-0.1, -0.05) is 29.8 Å². The number of benzene rings is 1. The number of aryl methyl sites for hydroxylation is 3. The van der Waals surface area contributed by atoms with E-state index in [1.165, 1.54) is 11.1 Å². The summed E-state index contributed by atoms with van der Waals surface area (Å²) < 4.78 is 0. The second kappa shape index (κ2) is 6.14. The first-order chi connectivity index (χ1) is 9.13. The third kappa shape index (κ3) is 4.21. The second-order valence-corrected chi connectivity index (χ2v) is 4.78. The van der Waals surface area contributed by atoms with Crippen LogP contribution in [0.1, 0.15) is 23.1 Å². The van der Waals surface area contributed by atoms with Gasteiger partial charge in [0.05, 0.1) is 11.9 Å². The van der Waals surface area contributed by atoms with Crippen molar-refractivity contribution in [1.29, 1.82) is 0 Å². The number of anilines is 1. The van der Waals surface area contributed by atoms with E-state index in [1.807, 2.05) is 13.0 Å². The van der Waals surface area contributed by atoms with Crippen molar-refractivity contribution in [2.45, 2.75) is 26.7 Å². The summed E-state index contributed by atoms with van der Waals surface area (Å²) in [5.74, 6) is 0.0213. The van der Waals surface area contributed by atoms with Crippen molar-refractivity contribution < 1.29 is 4.79 Å². The van der Waals surface area contributed by atoms with Gasteiger partial charge in [-0.15, -0.1) is 0 Å². The zero-order chi connectivity index (χ0) is 13.7. The van der Waals surface area contributed by atoms with Gasteiger partial charge in [0.15, 0.2) is 0 Å². The summed E-state index contributed by atoms with van der Waals surface area (Å²) in [6, 6.07) is 10.2. The highest BCUT2D eigenvalue weighted by atomic mass is 16.1. The van der Waals surface area contributed by atoms with Crippen LogP contribution in [0.3, 0.4) is 0 Å². The molecule has 1 amide bonds. The van der Waals surface area contributed by atoms with Crippen molar-refractivity contribution >= 4 is 11.6 Å². The maximum Gasteiger partial charge on any atom is 0.224 e. The Hall–Kier alpha value is -2.16. The molecule has 0 fully saturated rings. The summed E-state index contributed by atoms with van der Waals surface area (Å²) in [6.07, 6.45) is 4.67. The van der Waals surface area contributed by atoms with E-state index in [2.05, 4.69) is 41.5 Å². The van der Waals surface area contributed by atoms with Gasteiger partial charge in [-0.05, 0) is 37.5 Å². The minimum atomic E-state index is 0.0213. The van der Waals surface area contributed by atoms with Crippen LogP contribution in [-0.2, 0) is 11.2 Å². The van der Waals surface area contributed by atoms with Gasteiger partial charge in [-0.2, -0.15) is 0 Å². The van der Waals surface area contributed by atoms with E-state index in [4.69, 9.17) is 0 Å². The van der Waals surface area contributed by atoms with Crippen LogP contribution in [0.15, 0.2) is 42.7 Å². The van der Waals surface area contributed by atoms with Crippen LogP contribution >= 0.6 is 0 Å². The molecule has 1 N–H and O–H groups in total. The highest BCUT2D eigenvalue weighted by molar-refractivity contribution is 5.90. The summed E-state index contributed by atoms with van der Waals surface area (Å²) in [4.78, 5) is 15.9. The van der Waals surface area contributed by atoms with Gasteiger partial charge < -0.3 is 5.32 Å². The van der Waals surface area contributed by atoms with Gasteiger partial charge in [0.2, 0.25) is 5.91 Å². The monoisotopic (exact) mass is 254 g/mol. The molecule has 19 heavy (non-hydrogen) atoms. The maximum absolute atomic E-state index is 11.8. The standard InChI is InChI=1S/C16H18N2O/c1-12-3-5-14(6-4-12)7-8-16(19)18-15-9-13(2)10-17-11-15/h3-6,9-11H,7-8H2,1-2H3,(H,18,19). The number of amides is 1. The smallest absolute Gasteiger partial charge is 0.224 e. The molecule has 0 aliphatic carbocycles. The third-order valence-electron chi connectivity index (χ3n) is 2.92. The molecule has 0 bridgehead atoms. The summed E-state index contributed by atoms with van der Waals surface area (Å²) >= 11 is 0. The fourth-order valence-electron chi connectivity index (χ4n) is 1.86. The number of hydrogen-bond donors (Lipinski definition) is 1. The fourth-order valence-corrected chi connectivity index (χ4v) is 1.86. The summed E-state index contributed by atoms with van der Waals surface area (Å²) in [5.41, 5.74) is 4.22. The minimum Gasteiger partial charge on any atom is -0.325 e. The fraction of sp³-hybridized carbons (Fsp3) is 0.250. The van der Waals surface area contributed by atoms with Gasteiger partial charge in [0, 0.05) is 12.6 Å². The molecule has 0 aliphatic rings. The minimum absolute atomic E-state index is 0.0213. The Morgan fingerprint density at radius 3 is 2.53 bits per heavy atom. The first-order valence-electron chi connectivity index (χ1n) is 6.40. The Morgan fingerprint density at radius 2 is 1.84 bits per heavy atom. The van der Waals surface area contributed by atoms with Gasteiger partial charge in [0.1, 0.15) is 0 Å². The van der Waals surface area contributed by atoms with Crippen LogP contribution in [0.25, 0.3) is 0 Å². The Balaban J connectivity index is 1.86. The van der Waals surface area contributed by atoms with Gasteiger partial charge in [-0.25, -0.2) is 0 Å². The van der Waals surface area contributed by atoms with Crippen molar-refractivity contribution in [2.75, 3.05) is 5.32 Å². The number of aromatic nitrogens is 1. The van der Waals surface area contributed by atoms with Gasteiger partial charge in [-0.3, -0.25) is 9.78 Å². The molecule has 0 aliphatic heterocycles. The lowest BCUT2D eigenvalue weighted by molar-refractivity contribution is -0.116. The molecule has 2 rings (SSSR count). The van der Waals surface area contributed by atoms with Crippen molar-refractivity contribution in [3.8, 4) is 0 Å². The second-order valence-electron chi connectivity index (χ2n) is 4.78. The highest BCUT2D eigenvalue weighted by Gasteiger charge is 2.03. The van der Waals surface area contributed by atoms with Gasteiger partial charge in [0.25, 0.3) is 0 Å². The number of nitrogens with zero attached hydrogens (tertiary/aromatic N) is 1. The first-order valence-corrected chi connectivity index (χ1v) is 6.40. The van der Waals surface area contributed by atoms with Gasteiger partial charge >= 0.3 is 0 Å². The Morgan fingerprint density at radius 1 is 1.11 bits per heavy atom. The van der Waals surface area contributed by atoms with Crippen LogP contribution in [-0.4, -0.2) is 10.9 Å². The van der Waals surface area contributed by atoms with Crippen LogP contribution in [0.2, 0.25) is 0 Å². The Kier molecular flexibility index (Phi) is 4.29. The van der Waals surface area contributed by atoms with Crippen LogP contribution in [0.5, 0.6) is 0 Å². The molecule has 2 aromatic rings. The number of hydrogen-bond acceptors (Lipinski definition) is 2. The molecule has 98 valence electrons. The lowest BCUT2D eigenvalue weighted by Crippen LogP contribution is -2.12. The van der Waals surface area contributed by atoms with Crippen molar-refractivity contribution in [1.82, 2.24) is 4.98 Å². The molecule has 0 spiro atoms. The summed E-state index contributed by atoms with van der Waals surface area (Å²) in [6.45, 7) is 4.01. The SMILES string of the molecule is Cc1ccc(CCC(=O)Nc2cncc(C)c2)cc1. The normalized spacial score (nSPS) is 10.2.